The molecule has 4 N–H and O–H groups in total. The van der Waals surface area contributed by atoms with Crippen LogP contribution in [0.5, 0.6) is 0 Å². The summed E-state index contributed by atoms with van der Waals surface area (Å²) in [6.07, 6.45) is 5.14. The average Bonchev–Trinajstić information content (AvgIpc) is 2.98. The van der Waals surface area contributed by atoms with E-state index in [1.165, 1.54) is 24.2 Å². The Morgan fingerprint density at radius 3 is 2.55 bits per heavy atom. The van der Waals surface area contributed by atoms with Crippen molar-refractivity contribution >= 4 is 45.5 Å². The first-order valence-corrected chi connectivity index (χ1v) is 8.61. The Hall–Kier alpha value is -1.47. The average molecular weight is 339 g/mol. The zero-order valence-electron chi connectivity index (χ0n) is 12.8. The fourth-order valence-corrected chi connectivity index (χ4v) is 4.15. The highest BCUT2D eigenvalue weighted by molar-refractivity contribution is 7.80. The minimum absolute atomic E-state index is 0.0741. The third-order valence-electron chi connectivity index (χ3n) is 4.06. The Labute approximate surface area is 139 Å². The van der Waals surface area contributed by atoms with Gasteiger partial charge in [-0.25, -0.2) is 0 Å². The molecule has 0 spiro atoms. The van der Waals surface area contributed by atoms with Crippen molar-refractivity contribution in [3.63, 3.8) is 0 Å². The molecular weight excluding hydrogens is 318 g/mol. The van der Waals surface area contributed by atoms with Gasteiger partial charge in [-0.05, 0) is 50.4 Å². The zero-order valence-corrected chi connectivity index (χ0v) is 14.5. The second-order valence-electron chi connectivity index (χ2n) is 5.71. The van der Waals surface area contributed by atoms with E-state index in [1.807, 2.05) is 13.8 Å². The number of rotatable bonds is 4. The Kier molecular flexibility index (Phi) is 5.52. The summed E-state index contributed by atoms with van der Waals surface area (Å²) >= 11 is 6.57. The number of hydrogen-bond donors (Lipinski definition) is 3. The lowest BCUT2D eigenvalue weighted by molar-refractivity contribution is -0.120. The molecule has 1 fully saturated rings. The summed E-state index contributed by atoms with van der Waals surface area (Å²) in [5, 5.41) is 6.42. The molecule has 1 saturated carbocycles. The second-order valence-corrected chi connectivity index (χ2v) is 7.34. The molecule has 1 aromatic rings. The van der Waals surface area contributed by atoms with E-state index >= 15 is 0 Å². The largest absolute Gasteiger partial charge is 0.365 e. The van der Waals surface area contributed by atoms with Crippen LogP contribution in [0.1, 0.15) is 52.9 Å². The van der Waals surface area contributed by atoms with Gasteiger partial charge in [0.1, 0.15) is 5.00 Å². The summed E-state index contributed by atoms with van der Waals surface area (Å²) in [7, 11) is 0. The predicted octanol–water partition coefficient (Wildman–Crippen LogP) is 2.86. The van der Waals surface area contributed by atoms with Crippen LogP contribution in [0.2, 0.25) is 0 Å². The van der Waals surface area contributed by atoms with Crippen LogP contribution in [0.4, 0.5) is 5.00 Å². The topological polar surface area (TPSA) is 84.2 Å². The summed E-state index contributed by atoms with van der Waals surface area (Å²) in [6.45, 7) is 3.76. The monoisotopic (exact) mass is 339 g/mol. The number of nitrogens with two attached hydrogens (primary N) is 1. The quantitative estimate of drug-likeness (QED) is 0.737. The molecule has 0 aliphatic heterocycles. The fraction of sp³-hybridized carbons (Fsp3) is 0.533. The van der Waals surface area contributed by atoms with Gasteiger partial charge in [-0.15, -0.1) is 11.3 Å². The molecule has 2 rings (SSSR count). The van der Waals surface area contributed by atoms with Gasteiger partial charge in [0, 0.05) is 11.3 Å². The van der Waals surface area contributed by atoms with Crippen LogP contribution in [-0.2, 0) is 4.79 Å². The van der Waals surface area contributed by atoms with E-state index < -0.39 is 5.91 Å². The van der Waals surface area contributed by atoms with Gasteiger partial charge in [0.25, 0.3) is 5.91 Å². The maximum absolute atomic E-state index is 12.0. The van der Waals surface area contributed by atoms with Crippen molar-refractivity contribution in [1.82, 2.24) is 5.32 Å². The number of thiophene rings is 1. The zero-order chi connectivity index (χ0) is 16.3. The fourth-order valence-electron chi connectivity index (χ4n) is 2.80. The highest BCUT2D eigenvalue weighted by Crippen LogP contribution is 2.32. The standard InChI is InChI=1S/C15H21N3O2S2/c1-8-9(2)22-14(12(8)13(16)20)18-15(21)17-11(19)7-10-5-3-4-6-10/h10H,3-7H2,1-2H3,(H2,16,20)(H2,17,18,19,21). The Morgan fingerprint density at radius 2 is 1.95 bits per heavy atom. The summed E-state index contributed by atoms with van der Waals surface area (Å²) in [4.78, 5) is 24.5. The number of amides is 2. The third-order valence-corrected chi connectivity index (χ3v) is 5.39. The normalized spacial score (nSPS) is 14.8. The minimum atomic E-state index is -0.496. The maximum atomic E-state index is 12.0. The predicted molar refractivity (Wildman–Crippen MR) is 93.2 cm³/mol. The van der Waals surface area contributed by atoms with Crippen molar-refractivity contribution in [2.45, 2.75) is 46.0 Å². The van der Waals surface area contributed by atoms with E-state index in [2.05, 4.69) is 10.6 Å². The highest BCUT2D eigenvalue weighted by atomic mass is 32.1. The molecule has 7 heteroatoms. The smallest absolute Gasteiger partial charge is 0.251 e. The van der Waals surface area contributed by atoms with Gasteiger partial charge >= 0.3 is 0 Å². The summed E-state index contributed by atoms with van der Waals surface area (Å²) in [6, 6.07) is 0. The van der Waals surface area contributed by atoms with Crippen LogP contribution in [0.3, 0.4) is 0 Å². The molecule has 5 nitrogen and oxygen atoms in total. The Morgan fingerprint density at radius 1 is 1.32 bits per heavy atom. The van der Waals surface area contributed by atoms with Gasteiger partial charge in [0.15, 0.2) is 5.11 Å². The molecule has 0 aromatic carbocycles. The molecule has 1 aliphatic rings. The van der Waals surface area contributed by atoms with E-state index in [4.69, 9.17) is 18.0 Å². The summed E-state index contributed by atoms with van der Waals surface area (Å²) < 4.78 is 0. The lowest BCUT2D eigenvalue weighted by Crippen LogP contribution is -2.35. The van der Waals surface area contributed by atoms with Crippen molar-refractivity contribution in [2.75, 3.05) is 5.32 Å². The summed E-state index contributed by atoms with van der Waals surface area (Å²) in [5.41, 5.74) is 6.70. The van der Waals surface area contributed by atoms with Gasteiger partial charge in [-0.2, -0.15) is 0 Å². The van der Waals surface area contributed by atoms with E-state index in [0.717, 1.165) is 23.3 Å². The van der Waals surface area contributed by atoms with Crippen molar-refractivity contribution in [3.05, 3.63) is 16.0 Å². The molecular formula is C15H21N3O2S2. The van der Waals surface area contributed by atoms with E-state index in [1.54, 1.807) is 0 Å². The molecule has 0 radical (unpaired) electrons. The van der Waals surface area contributed by atoms with E-state index in [-0.39, 0.29) is 11.0 Å². The van der Waals surface area contributed by atoms with Gasteiger partial charge < -0.3 is 16.4 Å². The number of thiocarbonyl (C=S) groups is 1. The first-order chi connectivity index (χ1) is 10.4. The maximum Gasteiger partial charge on any atom is 0.251 e. The Bertz CT molecular complexity index is 604. The van der Waals surface area contributed by atoms with Gasteiger partial charge in [-0.3, -0.25) is 9.59 Å². The number of nitrogens with one attached hydrogen (secondary N) is 2. The summed E-state index contributed by atoms with van der Waals surface area (Å²) in [5.74, 6) is -0.102. The Balaban J connectivity index is 1.95. The molecule has 0 atom stereocenters. The van der Waals surface area contributed by atoms with Crippen LogP contribution in [0, 0.1) is 19.8 Å². The van der Waals surface area contributed by atoms with E-state index in [0.29, 0.717) is 22.9 Å². The number of carbonyl (C=O) groups is 2. The van der Waals surface area contributed by atoms with E-state index in [9.17, 15) is 9.59 Å². The number of aryl methyl sites for hydroxylation is 1. The molecule has 1 aromatic heterocycles. The highest BCUT2D eigenvalue weighted by Gasteiger charge is 2.21. The van der Waals surface area contributed by atoms with Crippen LogP contribution in [0.15, 0.2) is 0 Å². The van der Waals surface area contributed by atoms with Crippen LogP contribution >= 0.6 is 23.6 Å². The van der Waals surface area contributed by atoms with Crippen LogP contribution in [0.25, 0.3) is 0 Å². The molecule has 0 saturated heterocycles. The number of hydrogen-bond acceptors (Lipinski definition) is 4. The van der Waals surface area contributed by atoms with Gasteiger partial charge in [-0.1, -0.05) is 12.8 Å². The number of carbonyl (C=O) groups excluding carboxylic acids is 2. The molecule has 0 bridgehead atoms. The van der Waals surface area contributed by atoms with Crippen molar-refractivity contribution in [1.29, 1.82) is 0 Å². The number of primary amides is 1. The van der Waals surface area contributed by atoms with Crippen LogP contribution < -0.4 is 16.4 Å². The SMILES string of the molecule is Cc1sc(NC(=S)NC(=O)CC2CCCC2)c(C(N)=O)c1C. The molecule has 1 heterocycles. The third kappa shape index (κ3) is 4.04. The molecule has 2 amide bonds. The number of anilines is 1. The van der Waals surface area contributed by atoms with Crippen molar-refractivity contribution < 1.29 is 9.59 Å². The first kappa shape index (κ1) is 16.9. The van der Waals surface area contributed by atoms with Crippen molar-refractivity contribution in [3.8, 4) is 0 Å². The molecule has 1 aliphatic carbocycles. The van der Waals surface area contributed by atoms with Crippen molar-refractivity contribution in [2.24, 2.45) is 11.7 Å². The lowest BCUT2D eigenvalue weighted by Gasteiger charge is -2.11. The first-order valence-electron chi connectivity index (χ1n) is 7.39. The second kappa shape index (κ2) is 7.19. The minimum Gasteiger partial charge on any atom is -0.365 e. The van der Waals surface area contributed by atoms with Crippen LogP contribution in [-0.4, -0.2) is 16.9 Å². The lowest BCUT2D eigenvalue weighted by atomic mass is 10.0. The molecule has 0 unspecified atom stereocenters. The molecule has 120 valence electrons. The van der Waals surface area contributed by atoms with Gasteiger partial charge in [0.2, 0.25) is 5.91 Å². The van der Waals surface area contributed by atoms with Gasteiger partial charge in [0.05, 0.1) is 5.56 Å². The molecule has 22 heavy (non-hydrogen) atoms.